The second-order valence-electron chi connectivity index (χ2n) is 3.77. The first-order valence-electron chi connectivity index (χ1n) is 4.96. The van der Waals surface area contributed by atoms with Gasteiger partial charge in [0.2, 0.25) is 0 Å². The molecule has 2 N–H and O–H groups in total. The first kappa shape index (κ1) is 9.41. The lowest BCUT2D eigenvalue weighted by atomic mass is 9.91. The maximum absolute atomic E-state index is 12.9. The van der Waals surface area contributed by atoms with Crippen molar-refractivity contribution >= 4 is 5.57 Å². The molecule has 0 saturated heterocycles. The topological polar surface area (TPSA) is 26.0 Å². The van der Waals surface area contributed by atoms with Gasteiger partial charge in [0.15, 0.2) is 0 Å². The summed E-state index contributed by atoms with van der Waals surface area (Å²) in [6.45, 7) is 0. The standard InChI is InChI=1S/C12H14FN/c13-11-3-1-2-10(8-11)9-4-6-12(14)7-5-9/h1-4,8,12H,5-7,14H2. The molecule has 0 bridgehead atoms. The fourth-order valence-corrected chi connectivity index (χ4v) is 1.80. The van der Waals surface area contributed by atoms with Crippen LogP contribution in [0.3, 0.4) is 0 Å². The molecule has 1 aromatic rings. The van der Waals surface area contributed by atoms with Gasteiger partial charge in [0, 0.05) is 6.04 Å². The summed E-state index contributed by atoms with van der Waals surface area (Å²) in [5.74, 6) is -0.168. The maximum Gasteiger partial charge on any atom is 0.123 e. The van der Waals surface area contributed by atoms with Gasteiger partial charge in [0.1, 0.15) is 5.82 Å². The van der Waals surface area contributed by atoms with Gasteiger partial charge in [0.05, 0.1) is 0 Å². The van der Waals surface area contributed by atoms with Crippen LogP contribution in [-0.4, -0.2) is 6.04 Å². The zero-order chi connectivity index (χ0) is 9.97. The summed E-state index contributed by atoms with van der Waals surface area (Å²) >= 11 is 0. The van der Waals surface area contributed by atoms with E-state index in [2.05, 4.69) is 6.08 Å². The molecule has 1 aliphatic rings. The number of hydrogen-bond acceptors (Lipinski definition) is 1. The van der Waals surface area contributed by atoms with Gasteiger partial charge in [-0.05, 0) is 42.5 Å². The van der Waals surface area contributed by atoms with Crippen LogP contribution in [0, 0.1) is 5.82 Å². The molecule has 0 saturated carbocycles. The van der Waals surface area contributed by atoms with Gasteiger partial charge in [-0.2, -0.15) is 0 Å². The Bertz CT molecular complexity index is 357. The minimum absolute atomic E-state index is 0.168. The largest absolute Gasteiger partial charge is 0.327 e. The van der Waals surface area contributed by atoms with Crippen molar-refractivity contribution in [1.29, 1.82) is 0 Å². The van der Waals surface area contributed by atoms with Crippen molar-refractivity contribution in [3.05, 3.63) is 41.7 Å². The molecule has 0 aromatic heterocycles. The molecule has 0 radical (unpaired) electrons. The van der Waals surface area contributed by atoms with Gasteiger partial charge in [-0.25, -0.2) is 4.39 Å². The Hall–Kier alpha value is -1.15. The van der Waals surface area contributed by atoms with E-state index >= 15 is 0 Å². The molecular weight excluding hydrogens is 177 g/mol. The molecule has 1 nitrogen and oxygen atoms in total. The molecule has 0 aliphatic heterocycles. The highest BCUT2D eigenvalue weighted by molar-refractivity contribution is 5.66. The normalized spacial score (nSPS) is 21.9. The first-order valence-corrected chi connectivity index (χ1v) is 4.96. The van der Waals surface area contributed by atoms with E-state index in [0.717, 1.165) is 24.8 Å². The second-order valence-corrected chi connectivity index (χ2v) is 3.77. The number of hydrogen-bond donors (Lipinski definition) is 1. The van der Waals surface area contributed by atoms with Gasteiger partial charge in [0.25, 0.3) is 0 Å². The summed E-state index contributed by atoms with van der Waals surface area (Å²) < 4.78 is 12.9. The average Bonchev–Trinajstić information content (AvgIpc) is 2.19. The van der Waals surface area contributed by atoms with E-state index in [0.29, 0.717) is 0 Å². The molecule has 1 aromatic carbocycles. The van der Waals surface area contributed by atoms with Gasteiger partial charge in [-0.15, -0.1) is 0 Å². The van der Waals surface area contributed by atoms with Gasteiger partial charge < -0.3 is 5.73 Å². The van der Waals surface area contributed by atoms with Crippen molar-refractivity contribution < 1.29 is 4.39 Å². The number of benzene rings is 1. The quantitative estimate of drug-likeness (QED) is 0.725. The molecule has 0 fully saturated rings. The van der Waals surface area contributed by atoms with Gasteiger partial charge >= 0.3 is 0 Å². The third kappa shape index (κ3) is 2.02. The van der Waals surface area contributed by atoms with Crippen molar-refractivity contribution in [2.24, 2.45) is 5.73 Å². The zero-order valence-electron chi connectivity index (χ0n) is 8.04. The Kier molecular flexibility index (Phi) is 2.64. The monoisotopic (exact) mass is 191 g/mol. The third-order valence-electron chi connectivity index (χ3n) is 2.65. The minimum atomic E-state index is -0.168. The highest BCUT2D eigenvalue weighted by atomic mass is 19.1. The fraction of sp³-hybridized carbons (Fsp3) is 0.333. The first-order chi connectivity index (χ1) is 6.75. The molecule has 1 unspecified atom stereocenters. The van der Waals surface area contributed by atoms with Crippen molar-refractivity contribution in [3.8, 4) is 0 Å². The summed E-state index contributed by atoms with van der Waals surface area (Å²) in [6, 6.07) is 7.04. The summed E-state index contributed by atoms with van der Waals surface area (Å²) in [4.78, 5) is 0. The van der Waals surface area contributed by atoms with Crippen LogP contribution in [0.25, 0.3) is 5.57 Å². The van der Waals surface area contributed by atoms with E-state index in [9.17, 15) is 4.39 Å². The minimum Gasteiger partial charge on any atom is -0.327 e. The molecule has 0 amide bonds. The molecule has 1 atom stereocenters. The maximum atomic E-state index is 12.9. The SMILES string of the molecule is NC1CC=C(c2cccc(F)c2)CC1. The smallest absolute Gasteiger partial charge is 0.123 e. The van der Waals surface area contributed by atoms with Gasteiger partial charge in [-0.3, -0.25) is 0 Å². The molecule has 2 rings (SSSR count). The average molecular weight is 191 g/mol. The van der Waals surface area contributed by atoms with Crippen LogP contribution in [0.2, 0.25) is 0 Å². The highest BCUT2D eigenvalue weighted by Crippen LogP contribution is 2.26. The van der Waals surface area contributed by atoms with E-state index in [-0.39, 0.29) is 11.9 Å². The Morgan fingerprint density at radius 2 is 2.21 bits per heavy atom. The Morgan fingerprint density at radius 3 is 2.86 bits per heavy atom. The predicted octanol–water partition coefficient (Wildman–Crippen LogP) is 2.72. The van der Waals surface area contributed by atoms with Crippen molar-refractivity contribution in [2.75, 3.05) is 0 Å². The molecule has 0 spiro atoms. The lowest BCUT2D eigenvalue weighted by Crippen LogP contribution is -2.21. The molecule has 1 aliphatic carbocycles. The Balaban J connectivity index is 2.23. The lowest BCUT2D eigenvalue weighted by Gasteiger charge is -2.18. The van der Waals surface area contributed by atoms with Crippen LogP contribution in [0.5, 0.6) is 0 Å². The van der Waals surface area contributed by atoms with E-state index < -0.39 is 0 Å². The van der Waals surface area contributed by atoms with Crippen LogP contribution < -0.4 is 5.73 Å². The van der Waals surface area contributed by atoms with Crippen LogP contribution in [0.4, 0.5) is 4.39 Å². The molecular formula is C12H14FN. The van der Waals surface area contributed by atoms with Gasteiger partial charge in [-0.1, -0.05) is 18.2 Å². The van der Waals surface area contributed by atoms with Crippen LogP contribution in [0.1, 0.15) is 24.8 Å². The fourth-order valence-electron chi connectivity index (χ4n) is 1.80. The summed E-state index contributed by atoms with van der Waals surface area (Å²) in [5, 5.41) is 0. The van der Waals surface area contributed by atoms with E-state index in [1.807, 2.05) is 6.07 Å². The molecule has 74 valence electrons. The lowest BCUT2D eigenvalue weighted by molar-refractivity contribution is 0.612. The third-order valence-corrected chi connectivity index (χ3v) is 2.65. The van der Waals surface area contributed by atoms with E-state index in [1.54, 1.807) is 12.1 Å². The van der Waals surface area contributed by atoms with Crippen LogP contribution in [0.15, 0.2) is 30.3 Å². The zero-order valence-corrected chi connectivity index (χ0v) is 8.04. The number of halogens is 1. The Labute approximate surface area is 83.4 Å². The number of rotatable bonds is 1. The second kappa shape index (κ2) is 3.93. The summed E-state index contributed by atoms with van der Waals surface area (Å²) in [6.07, 6.45) is 5.00. The number of allylic oxidation sites excluding steroid dienone is 1. The molecule has 0 heterocycles. The molecule has 14 heavy (non-hydrogen) atoms. The van der Waals surface area contributed by atoms with Crippen molar-refractivity contribution in [1.82, 2.24) is 0 Å². The Morgan fingerprint density at radius 1 is 1.36 bits per heavy atom. The highest BCUT2D eigenvalue weighted by Gasteiger charge is 2.11. The summed E-state index contributed by atoms with van der Waals surface area (Å²) in [5.41, 5.74) is 8.01. The van der Waals surface area contributed by atoms with E-state index in [4.69, 9.17) is 5.73 Å². The van der Waals surface area contributed by atoms with Crippen molar-refractivity contribution in [3.63, 3.8) is 0 Å². The predicted molar refractivity (Wildman–Crippen MR) is 56.2 cm³/mol. The van der Waals surface area contributed by atoms with E-state index in [1.165, 1.54) is 11.6 Å². The number of nitrogens with two attached hydrogens (primary N) is 1. The summed E-state index contributed by atoms with van der Waals surface area (Å²) in [7, 11) is 0. The van der Waals surface area contributed by atoms with Crippen LogP contribution in [-0.2, 0) is 0 Å². The molecule has 2 heteroatoms. The van der Waals surface area contributed by atoms with Crippen LogP contribution >= 0.6 is 0 Å². The van der Waals surface area contributed by atoms with Crippen molar-refractivity contribution in [2.45, 2.75) is 25.3 Å².